The number of H-pyrrole nitrogens is 1. The zero-order valence-electron chi connectivity index (χ0n) is 16.7. The summed E-state index contributed by atoms with van der Waals surface area (Å²) >= 11 is 6.22. The molecule has 0 amide bonds. The molecule has 0 saturated heterocycles. The lowest BCUT2D eigenvalue weighted by atomic mass is 9.91. The summed E-state index contributed by atoms with van der Waals surface area (Å²) in [6.07, 6.45) is -4.68. The predicted molar refractivity (Wildman–Crippen MR) is 115 cm³/mol. The Balaban J connectivity index is 1.66. The van der Waals surface area contributed by atoms with Gasteiger partial charge in [-0.25, -0.2) is 18.2 Å². The molecule has 0 bridgehead atoms. The molecule has 176 valence electrons. The molecule has 2 aromatic carbocycles. The van der Waals surface area contributed by atoms with E-state index in [1.54, 1.807) is 0 Å². The van der Waals surface area contributed by atoms with Crippen LogP contribution in [0.4, 0.5) is 30.8 Å². The van der Waals surface area contributed by atoms with Crippen LogP contribution in [0.1, 0.15) is 18.4 Å². The van der Waals surface area contributed by atoms with Gasteiger partial charge in [0.15, 0.2) is 0 Å². The number of aliphatic hydroxyl groups excluding tert-OH is 1. The molecule has 0 aliphatic heterocycles. The summed E-state index contributed by atoms with van der Waals surface area (Å²) in [5.41, 5.74) is 4.15. The summed E-state index contributed by atoms with van der Waals surface area (Å²) in [6.45, 7) is 0. The number of sulfonamides is 1. The number of nitrogens with one attached hydrogen (secondary N) is 3. The molecule has 0 unspecified atom stereocenters. The van der Waals surface area contributed by atoms with Gasteiger partial charge in [0.25, 0.3) is 0 Å². The van der Waals surface area contributed by atoms with Crippen molar-refractivity contribution in [3.8, 4) is 11.1 Å². The van der Waals surface area contributed by atoms with E-state index in [0.717, 1.165) is 6.07 Å². The van der Waals surface area contributed by atoms with Crippen LogP contribution in [0.2, 0.25) is 5.02 Å². The van der Waals surface area contributed by atoms with Gasteiger partial charge in [0.2, 0.25) is 21.9 Å². The average Bonchev–Trinajstić information content (AvgIpc) is 3.10. The van der Waals surface area contributed by atoms with Gasteiger partial charge in [-0.15, -0.1) is 5.10 Å². The van der Waals surface area contributed by atoms with Crippen molar-refractivity contribution in [2.45, 2.75) is 36.1 Å². The minimum absolute atomic E-state index is 0.0128. The van der Waals surface area contributed by atoms with Crippen LogP contribution in [0.3, 0.4) is 0 Å². The number of aliphatic hydroxyl groups is 1. The molecule has 1 fully saturated rings. The van der Waals surface area contributed by atoms with E-state index in [4.69, 9.17) is 17.3 Å². The number of anilines is 3. The largest absolute Gasteiger partial charge is 0.417 e. The van der Waals surface area contributed by atoms with Crippen LogP contribution >= 0.6 is 11.6 Å². The highest BCUT2D eigenvalue weighted by Gasteiger charge is 2.36. The maximum atomic E-state index is 13.9. The van der Waals surface area contributed by atoms with Crippen molar-refractivity contribution in [1.29, 1.82) is 0 Å². The zero-order valence-corrected chi connectivity index (χ0v) is 18.3. The molecule has 3 aromatic rings. The highest BCUT2D eigenvalue weighted by atomic mass is 35.5. The highest BCUT2D eigenvalue weighted by molar-refractivity contribution is 7.89. The third kappa shape index (κ3) is 5.05. The van der Waals surface area contributed by atoms with E-state index < -0.39 is 27.9 Å². The molecule has 1 aromatic heterocycles. The Labute approximate surface area is 191 Å². The first kappa shape index (κ1) is 23.3. The van der Waals surface area contributed by atoms with Gasteiger partial charge >= 0.3 is 6.18 Å². The summed E-state index contributed by atoms with van der Waals surface area (Å²) in [7, 11) is -3.88. The molecule has 14 heteroatoms. The molecule has 9 nitrogen and oxygen atoms in total. The van der Waals surface area contributed by atoms with Crippen molar-refractivity contribution in [1.82, 2.24) is 19.9 Å². The predicted octanol–water partition coefficient (Wildman–Crippen LogP) is 3.27. The van der Waals surface area contributed by atoms with E-state index in [0.29, 0.717) is 12.8 Å². The van der Waals surface area contributed by atoms with Crippen molar-refractivity contribution in [3.63, 3.8) is 0 Å². The maximum absolute atomic E-state index is 13.9. The van der Waals surface area contributed by atoms with Crippen LogP contribution in [0.15, 0.2) is 41.3 Å². The van der Waals surface area contributed by atoms with Crippen molar-refractivity contribution in [2.24, 2.45) is 0 Å². The number of aromatic nitrogens is 3. The van der Waals surface area contributed by atoms with E-state index >= 15 is 0 Å². The molecule has 33 heavy (non-hydrogen) atoms. The number of benzene rings is 2. The standard InChI is InChI=1S/C19H18ClF3N6O3S/c20-15-8-10(25-18-26-17(24)27-28-18)7-14(19(21,22)23)16(15)9-1-3-13(4-2-9)33(31,32)29-11-5-12(30)6-11/h1-4,7-8,11-12,29-30H,5-6H2,(H4,24,25,26,27,28). The Kier molecular flexibility index (Phi) is 5.99. The SMILES string of the molecule is Nc1nc(Nc2cc(Cl)c(-c3ccc(S(=O)(=O)NC4CC(O)C4)cc3)c(C(F)(F)F)c2)n[nH]1. The Bertz CT molecular complexity index is 1270. The van der Waals surface area contributed by atoms with E-state index in [2.05, 4.69) is 25.2 Å². The van der Waals surface area contributed by atoms with E-state index in [9.17, 15) is 26.7 Å². The lowest BCUT2D eigenvalue weighted by Crippen LogP contribution is -2.46. The third-order valence-corrected chi connectivity index (χ3v) is 6.88. The highest BCUT2D eigenvalue weighted by Crippen LogP contribution is 2.43. The van der Waals surface area contributed by atoms with Crippen LogP contribution in [0.25, 0.3) is 11.1 Å². The molecule has 1 heterocycles. The summed E-state index contributed by atoms with van der Waals surface area (Å²) in [5.74, 6) is -0.0558. The first-order valence-corrected chi connectivity index (χ1v) is 11.4. The lowest BCUT2D eigenvalue weighted by Gasteiger charge is -2.31. The molecule has 0 spiro atoms. The van der Waals surface area contributed by atoms with Crippen molar-refractivity contribution in [3.05, 3.63) is 47.0 Å². The van der Waals surface area contributed by atoms with Crippen LogP contribution in [-0.4, -0.2) is 40.9 Å². The molecular weight excluding hydrogens is 485 g/mol. The second kappa shape index (κ2) is 8.48. The summed E-state index contributed by atoms with van der Waals surface area (Å²) < 4.78 is 69.0. The molecule has 4 rings (SSSR count). The number of alkyl halides is 3. The van der Waals surface area contributed by atoms with Crippen LogP contribution < -0.4 is 15.8 Å². The number of hydrogen-bond donors (Lipinski definition) is 5. The molecule has 6 N–H and O–H groups in total. The first-order chi connectivity index (χ1) is 15.4. The van der Waals surface area contributed by atoms with Gasteiger partial charge in [-0.05, 0) is 42.7 Å². The molecule has 1 saturated carbocycles. The Hall–Kier alpha value is -2.87. The fraction of sp³-hybridized carbons (Fsp3) is 0.263. The quantitative estimate of drug-likeness (QED) is 0.347. The molecule has 1 aliphatic rings. The van der Waals surface area contributed by atoms with E-state index in [1.165, 1.54) is 30.3 Å². The summed E-state index contributed by atoms with van der Waals surface area (Å²) in [5, 5.41) is 17.8. The molecular formula is C19H18ClF3N6O3S. The number of halogens is 4. The van der Waals surface area contributed by atoms with Crippen molar-refractivity contribution < 1.29 is 26.7 Å². The number of rotatable bonds is 6. The van der Waals surface area contributed by atoms with Crippen LogP contribution in [0, 0.1) is 0 Å². The zero-order chi connectivity index (χ0) is 24.0. The Morgan fingerprint density at radius 2 is 1.85 bits per heavy atom. The second-order valence-electron chi connectivity index (χ2n) is 7.52. The summed E-state index contributed by atoms with van der Waals surface area (Å²) in [4.78, 5) is 3.66. The van der Waals surface area contributed by atoms with Gasteiger partial charge in [0.05, 0.1) is 21.6 Å². The Morgan fingerprint density at radius 3 is 2.39 bits per heavy atom. The Morgan fingerprint density at radius 1 is 1.18 bits per heavy atom. The van der Waals surface area contributed by atoms with Crippen LogP contribution in [-0.2, 0) is 16.2 Å². The van der Waals surface area contributed by atoms with Gasteiger partial charge in [-0.1, -0.05) is 23.7 Å². The van der Waals surface area contributed by atoms with Gasteiger partial charge in [0, 0.05) is 17.3 Å². The average molecular weight is 503 g/mol. The monoisotopic (exact) mass is 502 g/mol. The van der Waals surface area contributed by atoms with Gasteiger partial charge < -0.3 is 16.2 Å². The smallest absolute Gasteiger partial charge is 0.393 e. The minimum atomic E-state index is -4.76. The van der Waals surface area contributed by atoms with Crippen molar-refractivity contribution in [2.75, 3.05) is 11.1 Å². The van der Waals surface area contributed by atoms with Gasteiger partial charge in [-0.3, -0.25) is 0 Å². The number of nitrogens with zero attached hydrogens (tertiary/aromatic N) is 2. The normalized spacial score (nSPS) is 18.7. The lowest BCUT2D eigenvalue weighted by molar-refractivity contribution is -0.137. The summed E-state index contributed by atoms with van der Waals surface area (Å²) in [6, 6.07) is 6.65. The fourth-order valence-corrected chi connectivity index (χ4v) is 5.02. The van der Waals surface area contributed by atoms with E-state index in [-0.39, 0.29) is 44.7 Å². The minimum Gasteiger partial charge on any atom is -0.393 e. The van der Waals surface area contributed by atoms with Crippen molar-refractivity contribution >= 4 is 39.2 Å². The molecule has 0 atom stereocenters. The molecule has 0 radical (unpaired) electrons. The van der Waals surface area contributed by atoms with Gasteiger partial charge in [-0.2, -0.15) is 18.2 Å². The fourth-order valence-electron chi connectivity index (χ4n) is 3.43. The van der Waals surface area contributed by atoms with Gasteiger partial charge in [0.1, 0.15) is 0 Å². The van der Waals surface area contributed by atoms with Crippen LogP contribution in [0.5, 0.6) is 0 Å². The number of aromatic amines is 1. The topological polar surface area (TPSA) is 146 Å². The molecule has 1 aliphatic carbocycles. The maximum Gasteiger partial charge on any atom is 0.417 e. The third-order valence-electron chi connectivity index (χ3n) is 5.04. The first-order valence-electron chi connectivity index (χ1n) is 9.59. The van der Waals surface area contributed by atoms with E-state index in [1.807, 2.05) is 0 Å². The number of nitrogen functional groups attached to an aromatic ring is 1. The number of hydrogen-bond acceptors (Lipinski definition) is 7. The number of nitrogens with two attached hydrogens (primary N) is 1. The second-order valence-corrected chi connectivity index (χ2v) is 9.64.